The van der Waals surface area contributed by atoms with Gasteiger partial charge in [-0.25, -0.2) is 12.7 Å². The second-order valence-corrected chi connectivity index (χ2v) is 11.0. The number of hydrogen-bond donors (Lipinski definition) is 1. The van der Waals surface area contributed by atoms with E-state index in [0.717, 1.165) is 25.7 Å². The Labute approximate surface area is 187 Å². The Morgan fingerprint density at radius 1 is 1.13 bits per heavy atom. The summed E-state index contributed by atoms with van der Waals surface area (Å²) >= 11 is 0. The summed E-state index contributed by atoms with van der Waals surface area (Å²) < 4.78 is 32.7. The first-order chi connectivity index (χ1) is 14.7. The average Bonchev–Trinajstić information content (AvgIpc) is 3.26. The van der Waals surface area contributed by atoms with Gasteiger partial charge in [0, 0.05) is 32.1 Å². The van der Waals surface area contributed by atoms with Crippen molar-refractivity contribution >= 4 is 15.9 Å². The van der Waals surface area contributed by atoms with E-state index in [0.29, 0.717) is 22.9 Å². The number of ether oxygens (including phenoxy) is 1. The van der Waals surface area contributed by atoms with E-state index in [2.05, 4.69) is 10.2 Å². The number of nitrogens with one attached hydrogen (secondary N) is 1. The van der Waals surface area contributed by atoms with Gasteiger partial charge in [-0.15, -0.1) is 0 Å². The highest BCUT2D eigenvalue weighted by Crippen LogP contribution is 2.28. The molecule has 3 rings (SSSR count). The van der Waals surface area contributed by atoms with Crippen molar-refractivity contribution in [1.29, 1.82) is 0 Å². The molecular weight excluding hydrogens is 414 g/mol. The van der Waals surface area contributed by atoms with Gasteiger partial charge in [-0.2, -0.15) is 0 Å². The number of likely N-dealkylation sites (tertiary alicyclic amines) is 1. The number of sulfonamides is 1. The molecule has 0 radical (unpaired) electrons. The van der Waals surface area contributed by atoms with Crippen molar-refractivity contribution in [2.45, 2.75) is 75.8 Å². The van der Waals surface area contributed by atoms with Crippen LogP contribution in [-0.2, 0) is 14.8 Å². The maximum atomic E-state index is 13.1. The molecule has 31 heavy (non-hydrogen) atoms. The Kier molecular flexibility index (Phi) is 7.99. The van der Waals surface area contributed by atoms with E-state index in [-0.39, 0.29) is 29.8 Å². The quantitative estimate of drug-likeness (QED) is 0.658. The molecular formula is C23H37N3O4S. The van der Waals surface area contributed by atoms with Crippen molar-refractivity contribution in [2.75, 3.05) is 33.8 Å². The molecule has 1 aliphatic heterocycles. The van der Waals surface area contributed by atoms with Gasteiger partial charge in [0.25, 0.3) is 0 Å². The van der Waals surface area contributed by atoms with Crippen LogP contribution in [0.2, 0.25) is 0 Å². The zero-order valence-corrected chi connectivity index (χ0v) is 20.1. The smallest absolute Gasteiger partial charge is 0.243 e. The molecule has 0 aromatic heterocycles. The van der Waals surface area contributed by atoms with Crippen molar-refractivity contribution in [3.8, 4) is 5.75 Å². The van der Waals surface area contributed by atoms with Crippen LogP contribution in [-0.4, -0.2) is 69.4 Å². The summed E-state index contributed by atoms with van der Waals surface area (Å²) in [5.41, 5.74) is 1.28. The van der Waals surface area contributed by atoms with E-state index < -0.39 is 10.0 Å². The Morgan fingerprint density at radius 3 is 2.26 bits per heavy atom. The minimum absolute atomic E-state index is 0.0742. The first-order valence-corrected chi connectivity index (χ1v) is 12.8. The Hall–Kier alpha value is -1.64. The number of hydrogen-bond acceptors (Lipinski definition) is 5. The molecule has 8 heteroatoms. The molecule has 1 saturated heterocycles. The van der Waals surface area contributed by atoms with Gasteiger partial charge in [0.2, 0.25) is 15.9 Å². The topological polar surface area (TPSA) is 79.0 Å². The standard InChI is InChI=1S/C23H37N3O4S/c1-17-15-21(30-4)16-18(2)23(17)31(28,29)25(3)14-11-22(27)24-19-7-9-20(10-8-19)26-12-5-6-13-26/h15-16,19-20H,5-14H2,1-4H3,(H,24,27). The third-order valence-electron chi connectivity index (χ3n) is 6.71. The number of rotatable bonds is 8. The number of benzene rings is 1. The molecule has 7 nitrogen and oxygen atoms in total. The van der Waals surface area contributed by atoms with Gasteiger partial charge in [-0.3, -0.25) is 4.79 Å². The molecule has 0 bridgehead atoms. The molecule has 174 valence electrons. The van der Waals surface area contributed by atoms with E-state index in [1.54, 1.807) is 33.1 Å². The van der Waals surface area contributed by atoms with Gasteiger partial charge in [-0.1, -0.05) is 0 Å². The summed E-state index contributed by atoms with van der Waals surface area (Å²) in [5, 5.41) is 3.12. The third kappa shape index (κ3) is 5.79. The van der Waals surface area contributed by atoms with Crippen LogP contribution >= 0.6 is 0 Å². The summed E-state index contributed by atoms with van der Waals surface area (Å²) in [6, 6.07) is 4.32. The molecule has 2 fully saturated rings. The van der Waals surface area contributed by atoms with E-state index in [4.69, 9.17) is 4.74 Å². The molecule has 1 aromatic carbocycles. The number of nitrogens with zero attached hydrogens (tertiary/aromatic N) is 2. The minimum Gasteiger partial charge on any atom is -0.497 e. The average molecular weight is 452 g/mol. The monoisotopic (exact) mass is 451 g/mol. The molecule has 2 aliphatic rings. The molecule has 1 aliphatic carbocycles. The van der Waals surface area contributed by atoms with Crippen LogP contribution in [0.4, 0.5) is 0 Å². The highest BCUT2D eigenvalue weighted by atomic mass is 32.2. The first-order valence-electron chi connectivity index (χ1n) is 11.4. The third-order valence-corrected chi connectivity index (χ3v) is 8.87. The van der Waals surface area contributed by atoms with Crippen molar-refractivity contribution in [3.05, 3.63) is 23.3 Å². The fourth-order valence-electron chi connectivity index (χ4n) is 4.96. The number of carbonyl (C=O) groups excluding carboxylic acids is 1. The Bertz CT molecular complexity index is 850. The second kappa shape index (κ2) is 10.3. The number of amides is 1. The van der Waals surface area contributed by atoms with Crippen LogP contribution in [0.15, 0.2) is 17.0 Å². The molecule has 1 N–H and O–H groups in total. The molecule has 1 saturated carbocycles. The van der Waals surface area contributed by atoms with Crippen molar-refractivity contribution < 1.29 is 17.9 Å². The lowest BCUT2D eigenvalue weighted by molar-refractivity contribution is -0.122. The van der Waals surface area contributed by atoms with E-state index in [9.17, 15) is 13.2 Å². The van der Waals surface area contributed by atoms with Crippen molar-refractivity contribution in [3.63, 3.8) is 0 Å². The lowest BCUT2D eigenvalue weighted by Crippen LogP contribution is -2.43. The summed E-state index contributed by atoms with van der Waals surface area (Å²) in [4.78, 5) is 15.4. The van der Waals surface area contributed by atoms with E-state index >= 15 is 0 Å². The highest BCUT2D eigenvalue weighted by Gasteiger charge is 2.29. The SMILES string of the molecule is COc1cc(C)c(S(=O)(=O)N(C)CCC(=O)NC2CCC(N3CCCC3)CC2)c(C)c1. The lowest BCUT2D eigenvalue weighted by Gasteiger charge is -2.34. The molecule has 0 spiro atoms. The van der Waals surface area contributed by atoms with Gasteiger partial charge in [0.05, 0.1) is 12.0 Å². The zero-order valence-electron chi connectivity index (χ0n) is 19.3. The van der Waals surface area contributed by atoms with Crippen LogP contribution in [0.3, 0.4) is 0 Å². The Balaban J connectivity index is 1.50. The predicted molar refractivity (Wildman–Crippen MR) is 122 cm³/mol. The molecule has 1 aromatic rings. The highest BCUT2D eigenvalue weighted by molar-refractivity contribution is 7.89. The van der Waals surface area contributed by atoms with Crippen LogP contribution in [0.25, 0.3) is 0 Å². The van der Waals surface area contributed by atoms with Gasteiger partial charge in [-0.05, 0) is 88.7 Å². The fraction of sp³-hybridized carbons (Fsp3) is 0.696. The summed E-state index contributed by atoms with van der Waals surface area (Å²) in [5.74, 6) is 0.560. The normalized spacial score (nSPS) is 22.6. The maximum absolute atomic E-state index is 13.1. The van der Waals surface area contributed by atoms with Gasteiger partial charge >= 0.3 is 0 Å². The fourth-order valence-corrected chi connectivity index (χ4v) is 6.54. The largest absolute Gasteiger partial charge is 0.497 e. The Morgan fingerprint density at radius 2 is 1.71 bits per heavy atom. The van der Waals surface area contributed by atoms with Crippen LogP contribution < -0.4 is 10.1 Å². The van der Waals surface area contributed by atoms with Gasteiger partial charge < -0.3 is 15.0 Å². The molecule has 0 atom stereocenters. The summed E-state index contributed by atoms with van der Waals surface area (Å²) in [6.07, 6.45) is 7.06. The van der Waals surface area contributed by atoms with E-state index in [1.165, 1.54) is 37.3 Å². The summed E-state index contributed by atoms with van der Waals surface area (Å²) in [7, 11) is -0.582. The van der Waals surface area contributed by atoms with E-state index in [1.807, 2.05) is 0 Å². The molecule has 0 unspecified atom stereocenters. The number of carbonyl (C=O) groups is 1. The van der Waals surface area contributed by atoms with Crippen LogP contribution in [0.1, 0.15) is 56.1 Å². The first kappa shape index (κ1) is 24.0. The second-order valence-electron chi connectivity index (χ2n) is 8.98. The maximum Gasteiger partial charge on any atom is 0.243 e. The summed E-state index contributed by atoms with van der Waals surface area (Å²) in [6.45, 7) is 6.12. The van der Waals surface area contributed by atoms with Gasteiger partial charge in [0.1, 0.15) is 5.75 Å². The van der Waals surface area contributed by atoms with Crippen LogP contribution in [0.5, 0.6) is 5.75 Å². The predicted octanol–water partition coefficient (Wildman–Crippen LogP) is 2.85. The lowest BCUT2D eigenvalue weighted by atomic mass is 9.90. The van der Waals surface area contributed by atoms with Gasteiger partial charge in [0.15, 0.2) is 0 Å². The number of methoxy groups -OCH3 is 1. The minimum atomic E-state index is -3.68. The number of aryl methyl sites for hydroxylation is 2. The zero-order chi connectivity index (χ0) is 22.6. The molecule has 1 heterocycles. The van der Waals surface area contributed by atoms with Crippen LogP contribution in [0, 0.1) is 13.8 Å². The van der Waals surface area contributed by atoms with Crippen molar-refractivity contribution in [2.24, 2.45) is 0 Å². The van der Waals surface area contributed by atoms with Crippen molar-refractivity contribution in [1.82, 2.24) is 14.5 Å². The molecule has 1 amide bonds.